The number of rotatable bonds is 6. The lowest BCUT2D eigenvalue weighted by molar-refractivity contribution is -0.138. The van der Waals surface area contributed by atoms with Crippen LogP contribution in [0.25, 0.3) is 0 Å². The Bertz CT molecular complexity index is 1000. The molecule has 5 heteroatoms. The Labute approximate surface area is 216 Å². The van der Waals surface area contributed by atoms with Crippen molar-refractivity contribution in [1.29, 1.82) is 0 Å². The summed E-state index contributed by atoms with van der Waals surface area (Å²) in [7, 11) is 0. The predicted molar refractivity (Wildman–Crippen MR) is 141 cm³/mol. The van der Waals surface area contributed by atoms with Gasteiger partial charge in [-0.1, -0.05) is 13.0 Å². The molecule has 0 bridgehead atoms. The molecule has 2 saturated heterocycles. The summed E-state index contributed by atoms with van der Waals surface area (Å²) in [6, 6.07) is 7.48. The number of carbonyl (C=O) groups is 2. The van der Waals surface area contributed by atoms with E-state index in [2.05, 4.69) is 41.8 Å². The van der Waals surface area contributed by atoms with Gasteiger partial charge in [-0.05, 0) is 112 Å². The highest BCUT2D eigenvalue weighted by molar-refractivity contribution is 5.95. The molecule has 5 aliphatic rings. The molecule has 0 spiro atoms. The number of amides is 1. The van der Waals surface area contributed by atoms with E-state index in [0.29, 0.717) is 24.0 Å². The summed E-state index contributed by atoms with van der Waals surface area (Å²) in [5.41, 5.74) is 2.57. The molecule has 0 radical (unpaired) electrons. The molecule has 0 aromatic heterocycles. The van der Waals surface area contributed by atoms with Crippen LogP contribution in [0.4, 0.5) is 0 Å². The second-order valence-corrected chi connectivity index (χ2v) is 12.6. The third-order valence-electron chi connectivity index (χ3n) is 10.7. The summed E-state index contributed by atoms with van der Waals surface area (Å²) in [6.07, 6.45) is 10.5. The van der Waals surface area contributed by atoms with Gasteiger partial charge in [-0.15, -0.1) is 0 Å². The topological polar surface area (TPSA) is 49.9 Å². The Morgan fingerprint density at radius 1 is 1.11 bits per heavy atom. The van der Waals surface area contributed by atoms with Gasteiger partial charge in [-0.3, -0.25) is 9.59 Å². The number of aryl methyl sites for hydroxylation is 1. The summed E-state index contributed by atoms with van der Waals surface area (Å²) in [6.45, 7) is 9.42. The molecule has 2 saturated carbocycles. The van der Waals surface area contributed by atoms with Gasteiger partial charge >= 0.3 is 0 Å². The van der Waals surface area contributed by atoms with Gasteiger partial charge in [0.25, 0.3) is 0 Å². The molecule has 3 aliphatic carbocycles. The van der Waals surface area contributed by atoms with Gasteiger partial charge in [0.15, 0.2) is 0 Å². The maximum absolute atomic E-state index is 13.5. The Morgan fingerprint density at radius 2 is 1.94 bits per heavy atom. The molecule has 2 aliphatic heterocycles. The van der Waals surface area contributed by atoms with Crippen LogP contribution in [0.5, 0.6) is 5.75 Å². The van der Waals surface area contributed by atoms with E-state index < -0.39 is 0 Å². The van der Waals surface area contributed by atoms with Gasteiger partial charge < -0.3 is 14.5 Å². The monoisotopic (exact) mass is 492 g/mol. The molecular weight excluding hydrogens is 448 g/mol. The number of carbonyl (C=O) groups excluding carboxylic acids is 2. The molecule has 196 valence electrons. The van der Waals surface area contributed by atoms with Crippen molar-refractivity contribution in [1.82, 2.24) is 9.80 Å². The Morgan fingerprint density at radius 3 is 2.72 bits per heavy atom. The maximum Gasteiger partial charge on any atom is 0.226 e. The van der Waals surface area contributed by atoms with Crippen LogP contribution in [-0.2, 0) is 16.0 Å². The first kappa shape index (κ1) is 24.5. The molecule has 1 aromatic carbocycles. The van der Waals surface area contributed by atoms with Crippen molar-refractivity contribution in [3.8, 4) is 5.75 Å². The lowest BCUT2D eigenvalue weighted by Crippen LogP contribution is -2.47. The normalized spacial score (nSPS) is 36.0. The van der Waals surface area contributed by atoms with Gasteiger partial charge in [0, 0.05) is 43.4 Å². The molecule has 0 N–H and O–H groups in total. The highest BCUT2D eigenvalue weighted by atomic mass is 16.5. The van der Waals surface area contributed by atoms with Gasteiger partial charge in [-0.2, -0.15) is 0 Å². The number of ketones is 1. The molecule has 0 unspecified atom stereocenters. The Balaban J connectivity index is 1.14. The molecular formula is C31H44N2O3. The third-order valence-corrected chi connectivity index (χ3v) is 10.7. The smallest absolute Gasteiger partial charge is 0.226 e. The van der Waals surface area contributed by atoms with Gasteiger partial charge in [-0.25, -0.2) is 0 Å². The highest BCUT2D eigenvalue weighted by Gasteiger charge is 2.60. The van der Waals surface area contributed by atoms with E-state index >= 15 is 0 Å². The first-order valence-electron chi connectivity index (χ1n) is 14.8. The summed E-state index contributed by atoms with van der Waals surface area (Å²) in [5.74, 6) is 2.63. The van der Waals surface area contributed by atoms with Gasteiger partial charge in [0.1, 0.15) is 11.5 Å². The minimum Gasteiger partial charge on any atom is -0.494 e. The van der Waals surface area contributed by atoms with Crippen LogP contribution >= 0.6 is 0 Å². The number of hydrogen-bond donors (Lipinski definition) is 0. The molecule has 6 rings (SSSR count). The number of Topliss-reactive ketones (excluding diaryl/α,β-unsaturated/α-hetero) is 1. The van der Waals surface area contributed by atoms with Crippen molar-refractivity contribution < 1.29 is 14.3 Å². The van der Waals surface area contributed by atoms with Gasteiger partial charge in [0.05, 0.1) is 6.61 Å². The fraction of sp³-hybridized carbons (Fsp3) is 0.742. The third kappa shape index (κ3) is 4.19. The standard InChI is InChI=1S/C31H44N2O3/c1-21-7-5-16-32(21)17-6-18-36-23-9-11-24-22(19-23)8-10-26-25(24)12-13-31(2)28(34)20-27(29(26)31)30(35)33-14-3-4-15-33/h9,11,19,21,25-27,29H,3-8,10,12-18,20H2,1-2H3/t21-,25-,26-,27+,29-,31-/m1/s1. The molecule has 6 atom stereocenters. The predicted octanol–water partition coefficient (Wildman–Crippen LogP) is 5.21. The second kappa shape index (κ2) is 9.78. The van der Waals surface area contributed by atoms with E-state index in [1.54, 1.807) is 0 Å². The number of benzene rings is 1. The quantitative estimate of drug-likeness (QED) is 0.512. The highest BCUT2D eigenvalue weighted by Crippen LogP contribution is 2.61. The van der Waals surface area contributed by atoms with Crippen molar-refractivity contribution in [3.05, 3.63) is 29.3 Å². The Kier molecular flexibility index (Phi) is 6.64. The number of likely N-dealkylation sites (tertiary alicyclic amines) is 2. The zero-order valence-corrected chi connectivity index (χ0v) is 22.3. The number of ether oxygens (including phenoxy) is 1. The molecule has 1 amide bonds. The van der Waals surface area contributed by atoms with E-state index in [1.165, 1.54) is 30.5 Å². The molecule has 1 aromatic rings. The summed E-state index contributed by atoms with van der Waals surface area (Å²) >= 11 is 0. The van der Waals surface area contributed by atoms with Crippen molar-refractivity contribution in [2.45, 2.75) is 90.0 Å². The largest absolute Gasteiger partial charge is 0.494 e. The zero-order chi connectivity index (χ0) is 24.9. The average molecular weight is 493 g/mol. The molecule has 2 heterocycles. The van der Waals surface area contributed by atoms with E-state index in [4.69, 9.17) is 4.74 Å². The second-order valence-electron chi connectivity index (χ2n) is 12.6. The van der Waals surface area contributed by atoms with Crippen LogP contribution in [0, 0.1) is 23.2 Å². The molecule has 36 heavy (non-hydrogen) atoms. The van der Waals surface area contributed by atoms with Crippen molar-refractivity contribution in [2.24, 2.45) is 23.2 Å². The van der Waals surface area contributed by atoms with Crippen molar-refractivity contribution in [3.63, 3.8) is 0 Å². The Hall–Kier alpha value is -1.88. The van der Waals surface area contributed by atoms with Crippen molar-refractivity contribution in [2.75, 3.05) is 32.8 Å². The van der Waals surface area contributed by atoms with E-state index in [-0.39, 0.29) is 23.2 Å². The molecule has 5 nitrogen and oxygen atoms in total. The maximum atomic E-state index is 13.5. The van der Waals surface area contributed by atoms with Crippen LogP contribution < -0.4 is 4.74 Å². The van der Waals surface area contributed by atoms with Gasteiger partial charge in [0.2, 0.25) is 5.91 Å². The van der Waals surface area contributed by atoms with E-state index in [1.807, 2.05) is 0 Å². The lowest BCUT2D eigenvalue weighted by Gasteiger charge is -2.49. The van der Waals surface area contributed by atoms with Crippen molar-refractivity contribution >= 4 is 11.7 Å². The van der Waals surface area contributed by atoms with Crippen LogP contribution in [0.3, 0.4) is 0 Å². The first-order valence-corrected chi connectivity index (χ1v) is 14.8. The zero-order valence-electron chi connectivity index (χ0n) is 22.3. The van der Waals surface area contributed by atoms with Crippen LogP contribution in [0.2, 0.25) is 0 Å². The fourth-order valence-corrected chi connectivity index (χ4v) is 8.72. The lowest BCUT2D eigenvalue weighted by atomic mass is 9.54. The summed E-state index contributed by atoms with van der Waals surface area (Å²) in [5, 5.41) is 0. The van der Waals surface area contributed by atoms with E-state index in [9.17, 15) is 9.59 Å². The average Bonchev–Trinajstić information content (AvgIpc) is 3.61. The van der Waals surface area contributed by atoms with E-state index in [0.717, 1.165) is 83.0 Å². The molecule has 4 fully saturated rings. The summed E-state index contributed by atoms with van der Waals surface area (Å²) in [4.78, 5) is 31.4. The number of fused-ring (bicyclic) bond motifs is 5. The van der Waals surface area contributed by atoms with Crippen LogP contribution in [0.15, 0.2) is 18.2 Å². The summed E-state index contributed by atoms with van der Waals surface area (Å²) < 4.78 is 6.19. The SMILES string of the molecule is C[C@@H]1CCCN1CCCOc1ccc2c(c1)CC[C@H]1[C@@H]3[C@@H](C(=O)N4CCCC4)CC(=O)[C@@]3(C)CC[C@H]21. The first-order chi connectivity index (χ1) is 17.5. The minimum absolute atomic E-state index is 0.101. The van der Waals surface area contributed by atoms with Crippen LogP contribution in [-0.4, -0.2) is 60.3 Å². The number of hydrogen-bond acceptors (Lipinski definition) is 4. The van der Waals surface area contributed by atoms with Crippen LogP contribution in [0.1, 0.15) is 88.7 Å². The minimum atomic E-state index is -0.311. The fourth-order valence-electron chi connectivity index (χ4n) is 8.72. The number of nitrogens with zero attached hydrogens (tertiary/aromatic N) is 2.